The molecule has 1 fully saturated rings. The van der Waals surface area contributed by atoms with Crippen molar-refractivity contribution in [3.05, 3.63) is 53.3 Å². The SMILES string of the molecule is COc1ccc(CN2CCCC(C(=O)c3ccc4c(c3)OCO4)C2)c(F)c1. The van der Waals surface area contributed by atoms with Crippen molar-refractivity contribution in [3.63, 3.8) is 0 Å². The van der Waals surface area contributed by atoms with Gasteiger partial charge in [0.05, 0.1) is 7.11 Å². The Kier molecular flexibility index (Phi) is 4.99. The second kappa shape index (κ2) is 7.56. The van der Waals surface area contributed by atoms with Gasteiger partial charge < -0.3 is 14.2 Å². The lowest BCUT2D eigenvalue weighted by atomic mass is 9.89. The Morgan fingerprint density at radius 2 is 2.07 bits per heavy atom. The molecule has 2 aliphatic heterocycles. The van der Waals surface area contributed by atoms with Gasteiger partial charge in [0, 0.05) is 36.2 Å². The first kappa shape index (κ1) is 17.8. The molecule has 2 aliphatic rings. The number of piperidine rings is 1. The molecule has 5 nitrogen and oxygen atoms in total. The maximum absolute atomic E-state index is 14.2. The summed E-state index contributed by atoms with van der Waals surface area (Å²) < 4.78 is 30.0. The highest BCUT2D eigenvalue weighted by Gasteiger charge is 2.28. The Labute approximate surface area is 157 Å². The highest BCUT2D eigenvalue weighted by atomic mass is 19.1. The topological polar surface area (TPSA) is 48.0 Å². The molecule has 0 N–H and O–H groups in total. The first-order valence-electron chi connectivity index (χ1n) is 9.12. The zero-order valence-corrected chi connectivity index (χ0v) is 15.2. The lowest BCUT2D eigenvalue weighted by Gasteiger charge is -2.32. The van der Waals surface area contributed by atoms with E-state index in [9.17, 15) is 9.18 Å². The lowest BCUT2D eigenvalue weighted by molar-refractivity contribution is 0.0810. The van der Waals surface area contributed by atoms with E-state index in [0.717, 1.165) is 19.4 Å². The molecule has 0 saturated carbocycles. The molecule has 0 aromatic heterocycles. The van der Waals surface area contributed by atoms with Gasteiger partial charge in [-0.05, 0) is 43.7 Å². The molecule has 1 saturated heterocycles. The van der Waals surface area contributed by atoms with Crippen LogP contribution in [0.4, 0.5) is 4.39 Å². The molecule has 142 valence electrons. The minimum atomic E-state index is -0.279. The monoisotopic (exact) mass is 371 g/mol. The Hall–Kier alpha value is -2.60. The van der Waals surface area contributed by atoms with Crippen molar-refractivity contribution in [2.45, 2.75) is 19.4 Å². The third kappa shape index (κ3) is 3.76. The molecule has 1 atom stereocenters. The quantitative estimate of drug-likeness (QED) is 0.751. The second-order valence-electron chi connectivity index (χ2n) is 6.96. The molecule has 2 aromatic carbocycles. The smallest absolute Gasteiger partial charge is 0.231 e. The number of ether oxygens (including phenoxy) is 3. The molecule has 4 rings (SSSR count). The molecule has 2 heterocycles. The van der Waals surface area contributed by atoms with Crippen molar-refractivity contribution in [1.29, 1.82) is 0 Å². The summed E-state index contributed by atoms with van der Waals surface area (Å²) in [6.07, 6.45) is 1.76. The number of carbonyl (C=O) groups excluding carboxylic acids is 1. The van der Waals surface area contributed by atoms with Crippen molar-refractivity contribution in [2.75, 3.05) is 27.0 Å². The minimum Gasteiger partial charge on any atom is -0.497 e. The zero-order valence-electron chi connectivity index (χ0n) is 15.2. The summed E-state index contributed by atoms with van der Waals surface area (Å²) in [5.74, 6) is 1.53. The van der Waals surface area contributed by atoms with Crippen LogP contribution < -0.4 is 14.2 Å². The van der Waals surface area contributed by atoms with Crippen molar-refractivity contribution in [3.8, 4) is 17.2 Å². The summed E-state index contributed by atoms with van der Waals surface area (Å²) in [7, 11) is 1.52. The van der Waals surface area contributed by atoms with Crippen LogP contribution in [0.25, 0.3) is 0 Å². The molecular weight excluding hydrogens is 349 g/mol. The van der Waals surface area contributed by atoms with Crippen LogP contribution in [0.15, 0.2) is 36.4 Å². The molecule has 0 radical (unpaired) electrons. The number of hydrogen-bond acceptors (Lipinski definition) is 5. The molecular formula is C21H22FNO4. The van der Waals surface area contributed by atoms with Crippen LogP contribution in [-0.2, 0) is 6.54 Å². The number of halogens is 1. The summed E-state index contributed by atoms with van der Waals surface area (Å²) in [6.45, 7) is 2.16. The highest BCUT2D eigenvalue weighted by molar-refractivity contribution is 5.98. The number of Topliss-reactive ketones (excluding diaryl/α,β-unsaturated/α-hetero) is 1. The third-order valence-corrected chi connectivity index (χ3v) is 5.19. The average Bonchev–Trinajstić information content (AvgIpc) is 3.17. The van der Waals surface area contributed by atoms with E-state index in [1.54, 1.807) is 30.3 Å². The summed E-state index contributed by atoms with van der Waals surface area (Å²) in [4.78, 5) is 15.1. The first-order chi connectivity index (χ1) is 13.1. The van der Waals surface area contributed by atoms with E-state index in [4.69, 9.17) is 14.2 Å². The number of hydrogen-bond donors (Lipinski definition) is 0. The minimum absolute atomic E-state index is 0.0968. The normalized spacial score (nSPS) is 19.1. The number of rotatable bonds is 5. The van der Waals surface area contributed by atoms with Crippen molar-refractivity contribution >= 4 is 5.78 Å². The van der Waals surface area contributed by atoms with Gasteiger partial charge in [-0.15, -0.1) is 0 Å². The maximum Gasteiger partial charge on any atom is 0.231 e. The van der Waals surface area contributed by atoms with E-state index in [1.165, 1.54) is 13.2 Å². The third-order valence-electron chi connectivity index (χ3n) is 5.19. The van der Waals surface area contributed by atoms with Gasteiger partial charge in [0.25, 0.3) is 0 Å². The number of nitrogens with zero attached hydrogens (tertiary/aromatic N) is 1. The van der Waals surface area contributed by atoms with Crippen LogP contribution in [0.5, 0.6) is 17.2 Å². The van der Waals surface area contributed by atoms with Gasteiger partial charge in [0.15, 0.2) is 17.3 Å². The predicted molar refractivity (Wildman–Crippen MR) is 97.8 cm³/mol. The number of benzene rings is 2. The number of methoxy groups -OCH3 is 1. The Morgan fingerprint density at radius 1 is 1.22 bits per heavy atom. The molecule has 0 bridgehead atoms. The highest BCUT2D eigenvalue weighted by Crippen LogP contribution is 2.34. The summed E-state index contributed by atoms with van der Waals surface area (Å²) >= 11 is 0. The first-order valence-corrected chi connectivity index (χ1v) is 9.12. The van der Waals surface area contributed by atoms with E-state index in [-0.39, 0.29) is 24.3 Å². The number of fused-ring (bicyclic) bond motifs is 1. The Morgan fingerprint density at radius 3 is 2.89 bits per heavy atom. The molecule has 2 aromatic rings. The van der Waals surface area contributed by atoms with E-state index in [1.807, 2.05) is 0 Å². The standard InChI is InChI=1S/C21H22FNO4/c1-25-17-6-4-15(18(22)10-17)11-23-8-2-3-16(12-23)21(24)14-5-7-19-20(9-14)27-13-26-19/h4-7,9-10,16H,2-3,8,11-13H2,1H3. The number of carbonyl (C=O) groups is 1. The second-order valence-corrected chi connectivity index (χ2v) is 6.96. The van der Waals surface area contributed by atoms with E-state index < -0.39 is 0 Å². The van der Waals surface area contributed by atoms with Crippen LogP contribution in [-0.4, -0.2) is 37.7 Å². The fourth-order valence-corrected chi connectivity index (χ4v) is 3.72. The van der Waals surface area contributed by atoms with Crippen molar-refractivity contribution < 1.29 is 23.4 Å². The van der Waals surface area contributed by atoms with E-state index in [2.05, 4.69) is 4.90 Å². The number of ketones is 1. The van der Waals surface area contributed by atoms with Gasteiger partial charge in [-0.1, -0.05) is 6.07 Å². The molecule has 0 spiro atoms. The summed E-state index contributed by atoms with van der Waals surface area (Å²) in [6, 6.07) is 10.2. The summed E-state index contributed by atoms with van der Waals surface area (Å²) in [5.41, 5.74) is 1.26. The molecule has 0 aliphatic carbocycles. The fourth-order valence-electron chi connectivity index (χ4n) is 3.72. The summed E-state index contributed by atoms with van der Waals surface area (Å²) in [5, 5.41) is 0. The lowest BCUT2D eigenvalue weighted by Crippen LogP contribution is -2.38. The van der Waals surface area contributed by atoms with Gasteiger partial charge in [-0.2, -0.15) is 0 Å². The Bertz CT molecular complexity index is 854. The van der Waals surface area contributed by atoms with Gasteiger partial charge in [-0.3, -0.25) is 9.69 Å². The fraction of sp³-hybridized carbons (Fsp3) is 0.381. The van der Waals surface area contributed by atoms with E-state index in [0.29, 0.717) is 41.5 Å². The predicted octanol–water partition coefficient (Wildman–Crippen LogP) is 3.66. The maximum atomic E-state index is 14.2. The molecule has 1 unspecified atom stereocenters. The van der Waals surface area contributed by atoms with Crippen LogP contribution in [0.3, 0.4) is 0 Å². The molecule has 27 heavy (non-hydrogen) atoms. The van der Waals surface area contributed by atoms with Gasteiger partial charge in [0.1, 0.15) is 11.6 Å². The molecule has 0 amide bonds. The average molecular weight is 371 g/mol. The van der Waals surface area contributed by atoms with Crippen LogP contribution in [0.1, 0.15) is 28.8 Å². The molecule has 6 heteroatoms. The van der Waals surface area contributed by atoms with Gasteiger partial charge >= 0.3 is 0 Å². The Balaban J connectivity index is 1.44. The van der Waals surface area contributed by atoms with Crippen LogP contribution >= 0.6 is 0 Å². The largest absolute Gasteiger partial charge is 0.497 e. The van der Waals surface area contributed by atoms with Crippen LogP contribution in [0, 0.1) is 11.7 Å². The van der Waals surface area contributed by atoms with Crippen LogP contribution in [0.2, 0.25) is 0 Å². The van der Waals surface area contributed by atoms with E-state index >= 15 is 0 Å². The number of likely N-dealkylation sites (tertiary alicyclic amines) is 1. The van der Waals surface area contributed by atoms with Gasteiger partial charge in [-0.25, -0.2) is 4.39 Å². The zero-order chi connectivity index (χ0) is 18.8. The van der Waals surface area contributed by atoms with Gasteiger partial charge in [0.2, 0.25) is 6.79 Å². The van der Waals surface area contributed by atoms with Crippen molar-refractivity contribution in [2.24, 2.45) is 5.92 Å². The van der Waals surface area contributed by atoms with Crippen molar-refractivity contribution in [1.82, 2.24) is 4.90 Å².